The van der Waals surface area contributed by atoms with Crippen LogP contribution in [0.25, 0.3) is 11.0 Å². The van der Waals surface area contributed by atoms with E-state index in [1.54, 1.807) is 18.2 Å². The summed E-state index contributed by atoms with van der Waals surface area (Å²) < 4.78 is 7.81. The standard InChI is InChI=1S/C17H15Cl3N2O2/c18-11-3-5-16(13(20)8-11)24-10-17-21-14-9-12(19)2-4-15(14)22(17)6-1-7-23/h2-5,8-9,23H,1,6-7,10H2. The van der Waals surface area contributed by atoms with Crippen LogP contribution in [0, 0.1) is 0 Å². The summed E-state index contributed by atoms with van der Waals surface area (Å²) in [6.07, 6.45) is 0.628. The molecule has 0 aliphatic rings. The number of aliphatic hydroxyl groups is 1. The summed E-state index contributed by atoms with van der Waals surface area (Å²) >= 11 is 18.1. The fourth-order valence-electron chi connectivity index (χ4n) is 2.48. The fraction of sp³-hybridized carbons (Fsp3) is 0.235. The van der Waals surface area contributed by atoms with E-state index in [4.69, 9.17) is 44.6 Å². The van der Waals surface area contributed by atoms with Crippen molar-refractivity contribution in [1.29, 1.82) is 0 Å². The molecule has 3 aromatic rings. The van der Waals surface area contributed by atoms with Crippen LogP contribution >= 0.6 is 34.8 Å². The zero-order chi connectivity index (χ0) is 17.1. The molecule has 0 saturated heterocycles. The molecule has 126 valence electrons. The van der Waals surface area contributed by atoms with Gasteiger partial charge in [-0.1, -0.05) is 34.8 Å². The molecule has 0 aliphatic carbocycles. The molecule has 0 aliphatic heterocycles. The quantitative estimate of drug-likeness (QED) is 0.652. The highest BCUT2D eigenvalue weighted by molar-refractivity contribution is 6.35. The SMILES string of the molecule is OCCCn1c(COc2ccc(Cl)cc2Cl)nc2cc(Cl)ccc21. The van der Waals surface area contributed by atoms with E-state index in [9.17, 15) is 0 Å². The molecule has 0 atom stereocenters. The average molecular weight is 386 g/mol. The maximum atomic E-state index is 9.13. The van der Waals surface area contributed by atoms with Crippen LogP contribution in [0.15, 0.2) is 36.4 Å². The van der Waals surface area contributed by atoms with E-state index < -0.39 is 0 Å². The molecule has 0 amide bonds. The Morgan fingerprint density at radius 1 is 1.04 bits per heavy atom. The lowest BCUT2D eigenvalue weighted by Gasteiger charge is -2.11. The smallest absolute Gasteiger partial charge is 0.148 e. The number of benzene rings is 2. The van der Waals surface area contributed by atoms with Crippen molar-refractivity contribution in [3.63, 3.8) is 0 Å². The number of halogens is 3. The van der Waals surface area contributed by atoms with Crippen LogP contribution in [0.4, 0.5) is 0 Å². The second-order valence-corrected chi connectivity index (χ2v) is 6.53. The summed E-state index contributed by atoms with van der Waals surface area (Å²) in [6.45, 7) is 0.997. The van der Waals surface area contributed by atoms with Gasteiger partial charge in [0.2, 0.25) is 0 Å². The maximum Gasteiger partial charge on any atom is 0.148 e. The zero-order valence-corrected chi connectivity index (χ0v) is 14.9. The number of aromatic nitrogens is 2. The van der Waals surface area contributed by atoms with E-state index in [-0.39, 0.29) is 13.2 Å². The second kappa shape index (κ2) is 7.62. The number of ether oxygens (including phenoxy) is 1. The van der Waals surface area contributed by atoms with Crippen LogP contribution in [-0.2, 0) is 13.2 Å². The molecule has 4 nitrogen and oxygen atoms in total. The molecule has 1 N–H and O–H groups in total. The lowest BCUT2D eigenvalue weighted by atomic mass is 10.3. The normalized spacial score (nSPS) is 11.2. The monoisotopic (exact) mass is 384 g/mol. The van der Waals surface area contributed by atoms with Crippen molar-refractivity contribution >= 4 is 45.8 Å². The largest absolute Gasteiger partial charge is 0.484 e. The van der Waals surface area contributed by atoms with Gasteiger partial charge in [-0.3, -0.25) is 0 Å². The van der Waals surface area contributed by atoms with Crippen molar-refractivity contribution in [3.05, 3.63) is 57.3 Å². The van der Waals surface area contributed by atoms with Crippen molar-refractivity contribution in [2.75, 3.05) is 6.61 Å². The molecule has 0 fully saturated rings. The van der Waals surface area contributed by atoms with E-state index in [2.05, 4.69) is 4.98 Å². The molecule has 7 heteroatoms. The number of rotatable bonds is 6. The minimum atomic E-state index is 0.108. The molecule has 1 heterocycles. The first kappa shape index (κ1) is 17.4. The first-order valence-corrected chi connectivity index (χ1v) is 8.55. The minimum absolute atomic E-state index is 0.108. The van der Waals surface area contributed by atoms with E-state index >= 15 is 0 Å². The Kier molecular flexibility index (Phi) is 5.51. The molecule has 0 unspecified atom stereocenters. The van der Waals surface area contributed by atoms with Crippen LogP contribution in [0.2, 0.25) is 15.1 Å². The first-order chi connectivity index (χ1) is 11.6. The number of hydrogen-bond acceptors (Lipinski definition) is 3. The van der Waals surface area contributed by atoms with Gasteiger partial charge in [0, 0.05) is 23.2 Å². The van der Waals surface area contributed by atoms with Gasteiger partial charge in [0.05, 0.1) is 16.1 Å². The summed E-state index contributed by atoms with van der Waals surface area (Å²) in [5.74, 6) is 1.28. The molecule has 1 aromatic heterocycles. The number of hydrogen-bond donors (Lipinski definition) is 1. The summed E-state index contributed by atoms with van der Waals surface area (Å²) in [4.78, 5) is 4.59. The minimum Gasteiger partial charge on any atom is -0.484 e. The third kappa shape index (κ3) is 3.78. The Bertz CT molecular complexity index is 864. The highest BCUT2D eigenvalue weighted by Crippen LogP contribution is 2.29. The van der Waals surface area contributed by atoms with Gasteiger partial charge in [0.1, 0.15) is 18.2 Å². The van der Waals surface area contributed by atoms with Crippen LogP contribution in [-0.4, -0.2) is 21.3 Å². The van der Waals surface area contributed by atoms with Crippen molar-refractivity contribution in [2.24, 2.45) is 0 Å². The van der Waals surface area contributed by atoms with Gasteiger partial charge in [0.15, 0.2) is 0 Å². The first-order valence-electron chi connectivity index (χ1n) is 7.42. The molecule has 0 radical (unpaired) electrons. The Balaban J connectivity index is 1.89. The molecular weight excluding hydrogens is 371 g/mol. The predicted octanol–water partition coefficient (Wildman–Crippen LogP) is 4.96. The van der Waals surface area contributed by atoms with Crippen molar-refractivity contribution in [1.82, 2.24) is 9.55 Å². The summed E-state index contributed by atoms with van der Waals surface area (Å²) in [7, 11) is 0. The van der Waals surface area contributed by atoms with Crippen molar-refractivity contribution in [3.8, 4) is 5.75 Å². The Hall–Kier alpha value is -1.46. The maximum absolute atomic E-state index is 9.13. The molecule has 2 aromatic carbocycles. The van der Waals surface area contributed by atoms with Gasteiger partial charge >= 0.3 is 0 Å². The number of fused-ring (bicyclic) bond motifs is 1. The average Bonchev–Trinajstić information content (AvgIpc) is 2.88. The summed E-state index contributed by atoms with van der Waals surface area (Å²) in [5.41, 5.74) is 1.75. The van der Waals surface area contributed by atoms with Crippen molar-refractivity contribution < 1.29 is 9.84 Å². The van der Waals surface area contributed by atoms with E-state index in [1.165, 1.54) is 0 Å². The molecular formula is C17H15Cl3N2O2. The highest BCUT2D eigenvalue weighted by atomic mass is 35.5. The lowest BCUT2D eigenvalue weighted by molar-refractivity contribution is 0.269. The van der Waals surface area contributed by atoms with Gasteiger partial charge in [-0.05, 0) is 42.8 Å². The van der Waals surface area contributed by atoms with Crippen LogP contribution in [0.5, 0.6) is 5.75 Å². The van der Waals surface area contributed by atoms with Crippen LogP contribution in [0.1, 0.15) is 12.2 Å². The Morgan fingerprint density at radius 2 is 1.79 bits per heavy atom. The third-order valence-electron chi connectivity index (χ3n) is 3.58. The summed E-state index contributed by atoms with van der Waals surface area (Å²) in [6, 6.07) is 10.6. The van der Waals surface area contributed by atoms with Crippen LogP contribution < -0.4 is 4.74 Å². The number of aliphatic hydroxyl groups excluding tert-OH is 1. The van der Waals surface area contributed by atoms with Gasteiger partial charge in [0.25, 0.3) is 0 Å². The number of aryl methyl sites for hydroxylation is 1. The number of nitrogens with zero attached hydrogens (tertiary/aromatic N) is 2. The topological polar surface area (TPSA) is 47.3 Å². The van der Waals surface area contributed by atoms with Crippen molar-refractivity contribution in [2.45, 2.75) is 19.6 Å². The highest BCUT2D eigenvalue weighted by Gasteiger charge is 2.12. The molecule has 0 saturated carbocycles. The Labute approximate surface area is 154 Å². The lowest BCUT2D eigenvalue weighted by Crippen LogP contribution is -2.08. The third-order valence-corrected chi connectivity index (χ3v) is 4.35. The van der Waals surface area contributed by atoms with Gasteiger partial charge in [-0.25, -0.2) is 4.98 Å². The van der Waals surface area contributed by atoms with E-state index in [0.717, 1.165) is 16.9 Å². The van der Waals surface area contributed by atoms with Gasteiger partial charge < -0.3 is 14.4 Å². The number of imidazole rings is 1. The van der Waals surface area contributed by atoms with E-state index in [1.807, 2.05) is 22.8 Å². The zero-order valence-electron chi connectivity index (χ0n) is 12.7. The second-order valence-electron chi connectivity index (χ2n) is 5.25. The Morgan fingerprint density at radius 3 is 2.54 bits per heavy atom. The fourth-order valence-corrected chi connectivity index (χ4v) is 3.11. The molecule has 0 bridgehead atoms. The van der Waals surface area contributed by atoms with Crippen LogP contribution in [0.3, 0.4) is 0 Å². The molecule has 24 heavy (non-hydrogen) atoms. The van der Waals surface area contributed by atoms with Gasteiger partial charge in [-0.2, -0.15) is 0 Å². The molecule has 0 spiro atoms. The van der Waals surface area contributed by atoms with Gasteiger partial charge in [-0.15, -0.1) is 0 Å². The predicted molar refractivity (Wildman–Crippen MR) is 97.2 cm³/mol. The summed E-state index contributed by atoms with van der Waals surface area (Å²) in [5, 5.41) is 10.8. The van der Waals surface area contributed by atoms with E-state index in [0.29, 0.717) is 33.8 Å². The molecule has 3 rings (SSSR count).